The molecule has 2 aromatic heterocycles. The van der Waals surface area contributed by atoms with E-state index in [-0.39, 0.29) is 5.91 Å². The molecule has 1 aromatic carbocycles. The van der Waals surface area contributed by atoms with Crippen molar-refractivity contribution in [1.82, 2.24) is 9.55 Å². The van der Waals surface area contributed by atoms with Crippen LogP contribution in [0.4, 0.5) is 0 Å². The van der Waals surface area contributed by atoms with Gasteiger partial charge in [0.1, 0.15) is 4.88 Å². The summed E-state index contributed by atoms with van der Waals surface area (Å²) in [6.07, 6.45) is 0. The first kappa shape index (κ1) is 17.5. The number of nitrogens with zero attached hydrogens (tertiary/aromatic N) is 3. The third-order valence-electron chi connectivity index (χ3n) is 3.46. The maximum absolute atomic E-state index is 12.6. The molecule has 24 heavy (non-hydrogen) atoms. The van der Waals surface area contributed by atoms with Gasteiger partial charge in [0.25, 0.3) is 5.91 Å². The van der Waals surface area contributed by atoms with Crippen molar-refractivity contribution in [2.45, 2.75) is 20.4 Å². The van der Waals surface area contributed by atoms with Crippen LogP contribution in [-0.4, -0.2) is 29.2 Å². The third-order valence-corrected chi connectivity index (χ3v) is 6.05. The Balaban J connectivity index is 2.13. The summed E-state index contributed by atoms with van der Waals surface area (Å²) >= 11 is 6.37. The van der Waals surface area contributed by atoms with Gasteiger partial charge < -0.3 is 9.30 Å². The Bertz CT molecular complexity index is 972. The van der Waals surface area contributed by atoms with Gasteiger partial charge in [-0.2, -0.15) is 4.99 Å². The molecule has 0 N–H and O–H groups in total. The van der Waals surface area contributed by atoms with Crippen molar-refractivity contribution in [1.29, 1.82) is 0 Å². The zero-order valence-electron chi connectivity index (χ0n) is 13.5. The number of hydrogen-bond acceptors (Lipinski definition) is 5. The van der Waals surface area contributed by atoms with Gasteiger partial charge >= 0.3 is 0 Å². The minimum Gasteiger partial charge on any atom is -0.383 e. The average Bonchev–Trinajstić information content (AvgIpc) is 3.04. The smallest absolute Gasteiger partial charge is 0.291 e. The highest BCUT2D eigenvalue weighted by atomic mass is 79.9. The molecule has 0 fully saturated rings. The molecule has 1 amide bonds. The number of rotatable bonds is 4. The highest BCUT2D eigenvalue weighted by Crippen LogP contribution is 2.23. The van der Waals surface area contributed by atoms with E-state index in [9.17, 15) is 4.79 Å². The van der Waals surface area contributed by atoms with Gasteiger partial charge in [0.2, 0.25) is 0 Å². The van der Waals surface area contributed by atoms with Crippen LogP contribution in [0.25, 0.3) is 10.2 Å². The summed E-state index contributed by atoms with van der Waals surface area (Å²) in [7, 11) is 1.66. The van der Waals surface area contributed by atoms with E-state index in [1.165, 1.54) is 22.7 Å². The van der Waals surface area contributed by atoms with E-state index in [4.69, 9.17) is 4.74 Å². The number of amides is 1. The number of thiazole rings is 2. The van der Waals surface area contributed by atoms with Gasteiger partial charge in [-0.1, -0.05) is 27.3 Å². The summed E-state index contributed by atoms with van der Waals surface area (Å²) < 4.78 is 9.29. The van der Waals surface area contributed by atoms with Crippen LogP contribution in [0.1, 0.15) is 20.4 Å². The minimum atomic E-state index is -0.241. The standard InChI is InChI=1S/C16H16BrN3O2S2/c1-9-14(23-10(2)18-9)15(21)19-16-20(6-7-22-3)12-5-4-11(17)8-13(12)24-16/h4-5,8H,6-7H2,1-3H3. The number of carbonyl (C=O) groups excluding carboxylic acids is 1. The molecule has 0 aliphatic heterocycles. The fourth-order valence-electron chi connectivity index (χ4n) is 2.40. The molecule has 0 saturated heterocycles. The Hall–Kier alpha value is -1.35. The molecule has 0 spiro atoms. The first-order chi connectivity index (χ1) is 11.5. The number of halogens is 1. The van der Waals surface area contributed by atoms with Crippen LogP contribution in [-0.2, 0) is 11.3 Å². The Morgan fingerprint density at radius 3 is 2.83 bits per heavy atom. The molecule has 0 aliphatic carbocycles. The predicted molar refractivity (Wildman–Crippen MR) is 101 cm³/mol. The fourth-order valence-corrected chi connectivity index (χ4v) is 4.81. The number of fused-ring (bicyclic) bond motifs is 1. The van der Waals surface area contributed by atoms with Gasteiger partial charge in [0, 0.05) is 18.1 Å². The lowest BCUT2D eigenvalue weighted by atomic mass is 10.3. The average molecular weight is 426 g/mol. The summed E-state index contributed by atoms with van der Waals surface area (Å²) in [6.45, 7) is 4.93. The van der Waals surface area contributed by atoms with Crippen LogP contribution in [0.15, 0.2) is 27.7 Å². The van der Waals surface area contributed by atoms with Crippen molar-refractivity contribution < 1.29 is 9.53 Å². The maximum atomic E-state index is 12.6. The summed E-state index contributed by atoms with van der Waals surface area (Å²) in [5.74, 6) is -0.241. The second kappa shape index (κ2) is 7.26. The Kier molecular flexibility index (Phi) is 5.29. The first-order valence-electron chi connectivity index (χ1n) is 7.30. The Morgan fingerprint density at radius 2 is 2.17 bits per heavy atom. The molecule has 8 heteroatoms. The number of carbonyl (C=O) groups is 1. The number of benzene rings is 1. The first-order valence-corrected chi connectivity index (χ1v) is 9.73. The van der Waals surface area contributed by atoms with Crippen LogP contribution in [0.3, 0.4) is 0 Å². The maximum Gasteiger partial charge on any atom is 0.291 e. The fraction of sp³-hybridized carbons (Fsp3) is 0.312. The van der Waals surface area contributed by atoms with E-state index < -0.39 is 0 Å². The topological polar surface area (TPSA) is 56.5 Å². The molecule has 3 rings (SSSR count). The van der Waals surface area contributed by atoms with Crippen molar-refractivity contribution >= 4 is 54.7 Å². The van der Waals surface area contributed by atoms with Gasteiger partial charge in [-0.05, 0) is 32.0 Å². The largest absolute Gasteiger partial charge is 0.383 e. The summed E-state index contributed by atoms with van der Waals surface area (Å²) in [5, 5.41) is 0.874. The Labute approximate surface area is 155 Å². The van der Waals surface area contributed by atoms with Gasteiger partial charge in [-0.15, -0.1) is 11.3 Å². The Morgan fingerprint density at radius 1 is 1.38 bits per heavy atom. The minimum absolute atomic E-state index is 0.241. The second-order valence-electron chi connectivity index (χ2n) is 5.21. The van der Waals surface area contributed by atoms with Crippen LogP contribution in [0, 0.1) is 13.8 Å². The lowest BCUT2D eigenvalue weighted by Gasteiger charge is -2.04. The van der Waals surface area contributed by atoms with Crippen LogP contribution in [0.5, 0.6) is 0 Å². The van der Waals surface area contributed by atoms with Gasteiger partial charge in [0.05, 0.1) is 27.5 Å². The summed E-state index contributed by atoms with van der Waals surface area (Å²) in [6, 6.07) is 6.05. The molecule has 5 nitrogen and oxygen atoms in total. The summed E-state index contributed by atoms with van der Waals surface area (Å²) in [4.78, 5) is 22.5. The van der Waals surface area contributed by atoms with Crippen molar-refractivity contribution in [3.05, 3.63) is 43.1 Å². The molecule has 3 aromatic rings. The third kappa shape index (κ3) is 3.51. The lowest BCUT2D eigenvalue weighted by Crippen LogP contribution is -2.19. The van der Waals surface area contributed by atoms with Crippen LogP contribution in [0.2, 0.25) is 0 Å². The van der Waals surface area contributed by atoms with Crippen molar-refractivity contribution in [2.24, 2.45) is 4.99 Å². The van der Waals surface area contributed by atoms with E-state index in [1.54, 1.807) is 7.11 Å². The molecular formula is C16H16BrN3O2S2. The van der Waals surface area contributed by atoms with Gasteiger partial charge in [0.15, 0.2) is 4.80 Å². The highest BCUT2D eigenvalue weighted by molar-refractivity contribution is 9.10. The number of aromatic nitrogens is 2. The van der Waals surface area contributed by atoms with Gasteiger partial charge in [-0.3, -0.25) is 4.79 Å². The van der Waals surface area contributed by atoms with Gasteiger partial charge in [-0.25, -0.2) is 4.98 Å². The van der Waals surface area contributed by atoms with E-state index in [0.717, 1.165) is 25.4 Å². The zero-order chi connectivity index (χ0) is 17.3. The van der Waals surface area contributed by atoms with E-state index >= 15 is 0 Å². The van der Waals surface area contributed by atoms with E-state index in [0.29, 0.717) is 22.8 Å². The van der Waals surface area contributed by atoms with Crippen LogP contribution >= 0.6 is 38.6 Å². The molecule has 126 valence electrons. The molecule has 0 atom stereocenters. The molecule has 0 saturated carbocycles. The van der Waals surface area contributed by atoms with Crippen molar-refractivity contribution in [3.63, 3.8) is 0 Å². The van der Waals surface area contributed by atoms with E-state index in [1.807, 2.05) is 36.6 Å². The molecular weight excluding hydrogens is 410 g/mol. The van der Waals surface area contributed by atoms with Crippen molar-refractivity contribution in [2.75, 3.05) is 13.7 Å². The SMILES string of the molecule is COCCn1c(=NC(=O)c2sc(C)nc2C)sc2cc(Br)ccc21. The quantitative estimate of drug-likeness (QED) is 0.636. The molecule has 0 radical (unpaired) electrons. The molecule has 0 unspecified atom stereocenters. The number of hydrogen-bond donors (Lipinski definition) is 0. The predicted octanol–water partition coefficient (Wildman–Crippen LogP) is 3.93. The number of ether oxygens (including phenoxy) is 1. The highest BCUT2D eigenvalue weighted by Gasteiger charge is 2.14. The number of methoxy groups -OCH3 is 1. The van der Waals surface area contributed by atoms with E-state index in [2.05, 4.69) is 25.9 Å². The number of aryl methyl sites for hydroxylation is 2. The summed E-state index contributed by atoms with van der Waals surface area (Å²) in [5.41, 5.74) is 1.78. The molecule has 2 heterocycles. The van der Waals surface area contributed by atoms with Crippen molar-refractivity contribution in [3.8, 4) is 0 Å². The second-order valence-corrected chi connectivity index (χ2v) is 8.33. The van der Waals surface area contributed by atoms with Crippen LogP contribution < -0.4 is 4.80 Å². The molecule has 0 bridgehead atoms. The zero-order valence-corrected chi connectivity index (χ0v) is 16.7. The molecule has 0 aliphatic rings. The normalized spacial score (nSPS) is 12.2. The monoisotopic (exact) mass is 425 g/mol. The lowest BCUT2D eigenvalue weighted by molar-refractivity contribution is 0.100.